The first kappa shape index (κ1) is 12.9. The second kappa shape index (κ2) is 4.59. The second-order valence-corrected chi connectivity index (χ2v) is 7.72. The van der Waals surface area contributed by atoms with Crippen LogP contribution in [0.5, 0.6) is 0 Å². The molecule has 0 radical (unpaired) electrons. The van der Waals surface area contributed by atoms with Crippen molar-refractivity contribution in [3.63, 3.8) is 0 Å². The molecule has 4 saturated carbocycles. The van der Waals surface area contributed by atoms with Crippen LogP contribution < -0.4 is 5.73 Å². The Hall–Kier alpha value is -0.830. The molecular formula is C17H27N3. The molecule has 2 N–H and O–H groups in total. The molecule has 1 aromatic rings. The lowest BCUT2D eigenvalue weighted by Gasteiger charge is -2.57. The number of aryl methyl sites for hydroxylation is 1. The van der Waals surface area contributed by atoms with Crippen LogP contribution in [-0.4, -0.2) is 16.3 Å². The van der Waals surface area contributed by atoms with Gasteiger partial charge in [0.1, 0.15) is 0 Å². The first-order chi connectivity index (χ1) is 9.70. The fourth-order valence-corrected chi connectivity index (χ4v) is 5.91. The maximum atomic E-state index is 5.72. The van der Waals surface area contributed by atoms with Gasteiger partial charge in [0, 0.05) is 12.7 Å². The van der Waals surface area contributed by atoms with Crippen LogP contribution in [-0.2, 0) is 18.9 Å². The van der Waals surface area contributed by atoms with Gasteiger partial charge in [-0.15, -0.1) is 0 Å². The average Bonchev–Trinajstić information content (AvgIpc) is 2.77. The monoisotopic (exact) mass is 273 g/mol. The SMILES string of the molecule is Cn1ncc(C23CC4CC(CC(C4)C2)C3)c1CCCN. The summed E-state index contributed by atoms with van der Waals surface area (Å²) < 4.78 is 2.11. The van der Waals surface area contributed by atoms with Crippen LogP contribution >= 0.6 is 0 Å². The van der Waals surface area contributed by atoms with Gasteiger partial charge < -0.3 is 5.73 Å². The Balaban J connectivity index is 1.70. The molecule has 0 atom stereocenters. The maximum absolute atomic E-state index is 5.72. The molecule has 0 aliphatic heterocycles. The van der Waals surface area contributed by atoms with Gasteiger partial charge in [-0.3, -0.25) is 4.68 Å². The van der Waals surface area contributed by atoms with E-state index >= 15 is 0 Å². The summed E-state index contributed by atoms with van der Waals surface area (Å²) in [5.41, 5.74) is 9.26. The van der Waals surface area contributed by atoms with Crippen molar-refractivity contribution in [2.24, 2.45) is 30.5 Å². The van der Waals surface area contributed by atoms with E-state index in [4.69, 9.17) is 5.73 Å². The van der Waals surface area contributed by atoms with E-state index in [0.717, 1.165) is 37.1 Å². The summed E-state index contributed by atoms with van der Waals surface area (Å²) in [4.78, 5) is 0. The summed E-state index contributed by atoms with van der Waals surface area (Å²) in [6, 6.07) is 0. The number of aromatic nitrogens is 2. The van der Waals surface area contributed by atoms with Crippen molar-refractivity contribution in [2.45, 2.75) is 56.8 Å². The summed E-state index contributed by atoms with van der Waals surface area (Å²) in [6.45, 7) is 0.783. The third-order valence-corrected chi connectivity index (χ3v) is 6.29. The van der Waals surface area contributed by atoms with Crippen molar-refractivity contribution < 1.29 is 0 Å². The van der Waals surface area contributed by atoms with E-state index in [0.29, 0.717) is 5.41 Å². The molecule has 0 aromatic carbocycles. The van der Waals surface area contributed by atoms with Crippen molar-refractivity contribution in [1.29, 1.82) is 0 Å². The summed E-state index contributed by atoms with van der Waals surface area (Å²) >= 11 is 0. The van der Waals surface area contributed by atoms with E-state index in [1.165, 1.54) is 44.2 Å². The predicted molar refractivity (Wildman–Crippen MR) is 80.4 cm³/mol. The molecule has 4 bridgehead atoms. The van der Waals surface area contributed by atoms with Crippen molar-refractivity contribution >= 4 is 0 Å². The Bertz CT molecular complexity index is 467. The minimum Gasteiger partial charge on any atom is -0.330 e. The fraction of sp³-hybridized carbons (Fsp3) is 0.824. The van der Waals surface area contributed by atoms with E-state index in [1.54, 1.807) is 5.56 Å². The highest BCUT2D eigenvalue weighted by Gasteiger charge is 2.52. The zero-order chi connectivity index (χ0) is 13.7. The van der Waals surface area contributed by atoms with Gasteiger partial charge in [0.25, 0.3) is 0 Å². The second-order valence-electron chi connectivity index (χ2n) is 7.72. The number of hydrogen-bond acceptors (Lipinski definition) is 2. The Morgan fingerprint density at radius 2 is 1.80 bits per heavy atom. The highest BCUT2D eigenvalue weighted by atomic mass is 15.3. The number of hydrogen-bond donors (Lipinski definition) is 1. The van der Waals surface area contributed by atoms with Crippen LogP contribution in [0.15, 0.2) is 6.20 Å². The molecule has 0 amide bonds. The molecule has 0 spiro atoms. The average molecular weight is 273 g/mol. The van der Waals surface area contributed by atoms with E-state index in [1.807, 2.05) is 0 Å². The minimum absolute atomic E-state index is 0.479. The van der Waals surface area contributed by atoms with Crippen LogP contribution in [0.2, 0.25) is 0 Å². The summed E-state index contributed by atoms with van der Waals surface area (Å²) in [6.07, 6.45) is 13.2. The first-order valence-corrected chi connectivity index (χ1v) is 8.41. The van der Waals surface area contributed by atoms with Gasteiger partial charge in [0.2, 0.25) is 0 Å². The molecule has 0 unspecified atom stereocenters. The molecule has 5 rings (SSSR count). The van der Waals surface area contributed by atoms with E-state index < -0.39 is 0 Å². The Morgan fingerprint density at radius 1 is 1.20 bits per heavy atom. The Morgan fingerprint density at radius 3 is 2.35 bits per heavy atom. The van der Waals surface area contributed by atoms with Gasteiger partial charge in [-0.1, -0.05) is 0 Å². The third kappa shape index (κ3) is 1.86. The predicted octanol–water partition coefficient (Wildman–Crippen LogP) is 2.78. The van der Waals surface area contributed by atoms with Gasteiger partial charge in [-0.05, 0) is 86.6 Å². The zero-order valence-electron chi connectivity index (χ0n) is 12.6. The fourth-order valence-electron chi connectivity index (χ4n) is 5.91. The molecule has 4 aliphatic rings. The lowest BCUT2D eigenvalue weighted by Crippen LogP contribution is -2.48. The smallest absolute Gasteiger partial charge is 0.0530 e. The van der Waals surface area contributed by atoms with Gasteiger partial charge in [0.05, 0.1) is 6.20 Å². The molecule has 4 aliphatic carbocycles. The number of nitrogens with zero attached hydrogens (tertiary/aromatic N) is 2. The maximum Gasteiger partial charge on any atom is 0.0530 e. The van der Waals surface area contributed by atoms with Gasteiger partial charge in [-0.25, -0.2) is 0 Å². The van der Waals surface area contributed by atoms with Crippen molar-refractivity contribution in [2.75, 3.05) is 6.54 Å². The van der Waals surface area contributed by atoms with Crippen LogP contribution in [0.25, 0.3) is 0 Å². The first-order valence-electron chi connectivity index (χ1n) is 8.41. The molecule has 3 nitrogen and oxygen atoms in total. The minimum atomic E-state index is 0.479. The van der Waals surface area contributed by atoms with E-state index in [9.17, 15) is 0 Å². The van der Waals surface area contributed by atoms with Crippen LogP contribution in [0.1, 0.15) is 56.2 Å². The largest absolute Gasteiger partial charge is 0.330 e. The zero-order valence-corrected chi connectivity index (χ0v) is 12.6. The van der Waals surface area contributed by atoms with Crippen LogP contribution in [0, 0.1) is 17.8 Å². The molecule has 1 aromatic heterocycles. The van der Waals surface area contributed by atoms with E-state index in [2.05, 4.69) is 23.0 Å². The summed E-state index contributed by atoms with van der Waals surface area (Å²) in [7, 11) is 2.11. The van der Waals surface area contributed by atoms with Gasteiger partial charge in [-0.2, -0.15) is 5.10 Å². The molecule has 20 heavy (non-hydrogen) atoms. The lowest BCUT2D eigenvalue weighted by molar-refractivity contribution is -0.00563. The Labute approximate surface area is 121 Å². The molecule has 1 heterocycles. The third-order valence-electron chi connectivity index (χ3n) is 6.29. The quantitative estimate of drug-likeness (QED) is 0.916. The van der Waals surface area contributed by atoms with Gasteiger partial charge in [0.15, 0.2) is 0 Å². The molecule has 0 saturated heterocycles. The molecular weight excluding hydrogens is 246 g/mol. The lowest BCUT2D eigenvalue weighted by atomic mass is 9.48. The normalized spacial score (nSPS) is 38.6. The van der Waals surface area contributed by atoms with Crippen LogP contribution in [0.3, 0.4) is 0 Å². The highest BCUT2D eigenvalue weighted by molar-refractivity contribution is 5.32. The molecule has 3 heteroatoms. The molecule has 4 fully saturated rings. The van der Waals surface area contributed by atoms with Crippen molar-refractivity contribution in [3.05, 3.63) is 17.5 Å². The van der Waals surface area contributed by atoms with Gasteiger partial charge >= 0.3 is 0 Å². The standard InChI is InChI=1S/C17H27N3/c1-20-16(3-2-4-18)15(11-19-20)17-8-12-5-13(9-17)7-14(6-12)10-17/h11-14H,2-10,18H2,1H3. The molecule has 110 valence electrons. The van der Waals surface area contributed by atoms with Crippen LogP contribution in [0.4, 0.5) is 0 Å². The van der Waals surface area contributed by atoms with E-state index in [-0.39, 0.29) is 0 Å². The van der Waals surface area contributed by atoms with Crippen molar-refractivity contribution in [3.8, 4) is 0 Å². The Kier molecular flexibility index (Phi) is 2.95. The highest BCUT2D eigenvalue weighted by Crippen LogP contribution is 2.61. The number of nitrogens with two attached hydrogens (primary N) is 1. The number of rotatable bonds is 4. The topological polar surface area (TPSA) is 43.8 Å². The summed E-state index contributed by atoms with van der Waals surface area (Å²) in [5, 5.41) is 4.60. The summed E-state index contributed by atoms with van der Waals surface area (Å²) in [5.74, 6) is 3.01. The van der Waals surface area contributed by atoms with Crippen molar-refractivity contribution in [1.82, 2.24) is 9.78 Å².